The van der Waals surface area contributed by atoms with Gasteiger partial charge in [0.15, 0.2) is 6.10 Å². The fraction of sp³-hybridized carbons (Fsp3) is 0.222. The lowest BCUT2D eigenvalue weighted by atomic mass is 10.0. The Balaban J connectivity index is 3.46. The Morgan fingerprint density at radius 2 is 1.88 bits per heavy atom. The standard InChI is InChI=1S/C9H6ClF3O4/c10-5-1-3(7(15)8(16)17)4(2-6(5)14)9(11,12)13/h1-2,7,14-15H,(H,16,17). The van der Waals surface area contributed by atoms with Crippen LogP contribution in [0.2, 0.25) is 5.02 Å². The van der Waals surface area contributed by atoms with E-state index in [-0.39, 0.29) is 6.07 Å². The molecule has 0 fully saturated rings. The van der Waals surface area contributed by atoms with Gasteiger partial charge in [-0.3, -0.25) is 0 Å². The van der Waals surface area contributed by atoms with E-state index in [9.17, 15) is 18.0 Å². The molecule has 0 aliphatic carbocycles. The number of aliphatic hydroxyl groups is 1. The predicted molar refractivity (Wildman–Crippen MR) is 50.7 cm³/mol. The molecule has 0 spiro atoms. The molecule has 17 heavy (non-hydrogen) atoms. The number of phenols is 1. The molecular weight excluding hydrogens is 265 g/mol. The first kappa shape index (κ1) is 13.6. The van der Waals surface area contributed by atoms with Crippen LogP contribution < -0.4 is 0 Å². The maximum absolute atomic E-state index is 12.5. The van der Waals surface area contributed by atoms with Crippen LogP contribution >= 0.6 is 11.6 Å². The van der Waals surface area contributed by atoms with E-state index in [0.717, 1.165) is 0 Å². The van der Waals surface area contributed by atoms with Gasteiger partial charge in [0.2, 0.25) is 0 Å². The third kappa shape index (κ3) is 2.80. The van der Waals surface area contributed by atoms with Crippen molar-refractivity contribution >= 4 is 17.6 Å². The molecule has 0 bridgehead atoms. The molecule has 0 saturated heterocycles. The molecule has 94 valence electrons. The van der Waals surface area contributed by atoms with Gasteiger partial charge in [0.25, 0.3) is 0 Å². The van der Waals surface area contributed by atoms with Gasteiger partial charge in [-0.15, -0.1) is 0 Å². The highest BCUT2D eigenvalue weighted by molar-refractivity contribution is 6.32. The number of rotatable bonds is 2. The van der Waals surface area contributed by atoms with Crippen LogP contribution in [0.1, 0.15) is 17.2 Å². The predicted octanol–water partition coefficient (Wildman–Crippen LogP) is 2.18. The SMILES string of the molecule is O=C(O)C(O)c1cc(Cl)c(O)cc1C(F)(F)F. The smallest absolute Gasteiger partial charge is 0.416 e. The number of carboxylic acid groups (broad SMARTS) is 1. The summed E-state index contributed by atoms with van der Waals surface area (Å²) in [5.74, 6) is -2.70. The normalized spacial score (nSPS) is 13.5. The molecule has 0 radical (unpaired) electrons. The number of alkyl halides is 3. The quantitative estimate of drug-likeness (QED) is 0.770. The number of aliphatic hydroxyl groups excluding tert-OH is 1. The molecule has 8 heteroatoms. The van der Waals surface area contributed by atoms with Crippen molar-refractivity contribution in [1.82, 2.24) is 0 Å². The summed E-state index contributed by atoms with van der Waals surface area (Å²) in [5.41, 5.74) is -2.37. The summed E-state index contributed by atoms with van der Waals surface area (Å²) >= 11 is 5.36. The largest absolute Gasteiger partial charge is 0.506 e. The monoisotopic (exact) mass is 270 g/mol. The number of aliphatic carboxylic acids is 1. The minimum Gasteiger partial charge on any atom is -0.506 e. The molecule has 3 N–H and O–H groups in total. The van der Waals surface area contributed by atoms with Crippen LogP contribution in [0.15, 0.2) is 12.1 Å². The molecule has 0 aliphatic rings. The van der Waals surface area contributed by atoms with E-state index in [4.69, 9.17) is 26.9 Å². The van der Waals surface area contributed by atoms with Gasteiger partial charge in [0, 0.05) is 5.56 Å². The Kier molecular flexibility index (Phi) is 3.53. The van der Waals surface area contributed by atoms with Crippen LogP contribution in [0.5, 0.6) is 5.75 Å². The van der Waals surface area contributed by atoms with Gasteiger partial charge in [0.1, 0.15) is 5.75 Å². The molecule has 0 heterocycles. The van der Waals surface area contributed by atoms with Crippen LogP contribution in [-0.4, -0.2) is 21.3 Å². The van der Waals surface area contributed by atoms with Crippen LogP contribution in [0.3, 0.4) is 0 Å². The number of phenolic OH excluding ortho intramolecular Hbond substituents is 1. The molecule has 0 aliphatic heterocycles. The third-order valence-corrected chi connectivity index (χ3v) is 2.26. The van der Waals surface area contributed by atoms with Crippen LogP contribution in [-0.2, 0) is 11.0 Å². The summed E-state index contributed by atoms with van der Waals surface area (Å²) in [6.45, 7) is 0. The number of carbonyl (C=O) groups is 1. The van der Waals surface area contributed by atoms with Gasteiger partial charge >= 0.3 is 12.1 Å². The molecule has 1 unspecified atom stereocenters. The van der Waals surface area contributed by atoms with E-state index in [1.54, 1.807) is 0 Å². The van der Waals surface area contributed by atoms with E-state index in [2.05, 4.69) is 0 Å². The number of benzene rings is 1. The Labute approximate surface area is 97.9 Å². The Morgan fingerprint density at radius 1 is 1.35 bits per heavy atom. The number of hydrogen-bond acceptors (Lipinski definition) is 3. The van der Waals surface area contributed by atoms with E-state index < -0.39 is 40.1 Å². The van der Waals surface area contributed by atoms with Gasteiger partial charge in [0.05, 0.1) is 10.6 Å². The molecule has 4 nitrogen and oxygen atoms in total. The fourth-order valence-corrected chi connectivity index (χ4v) is 1.35. The van der Waals surface area contributed by atoms with Gasteiger partial charge in [-0.2, -0.15) is 13.2 Å². The van der Waals surface area contributed by atoms with E-state index >= 15 is 0 Å². The first-order valence-corrected chi connectivity index (χ1v) is 4.53. The molecule has 0 saturated carbocycles. The number of carboxylic acids is 1. The topological polar surface area (TPSA) is 77.8 Å². The fourth-order valence-electron chi connectivity index (χ4n) is 1.18. The highest BCUT2D eigenvalue weighted by atomic mass is 35.5. The highest BCUT2D eigenvalue weighted by Crippen LogP contribution is 2.39. The van der Waals surface area contributed by atoms with Crippen molar-refractivity contribution in [3.8, 4) is 5.75 Å². The molecule has 1 rings (SSSR count). The van der Waals surface area contributed by atoms with Gasteiger partial charge in [-0.05, 0) is 12.1 Å². The van der Waals surface area contributed by atoms with Crippen molar-refractivity contribution < 1.29 is 33.3 Å². The van der Waals surface area contributed by atoms with Crippen molar-refractivity contribution in [2.45, 2.75) is 12.3 Å². The van der Waals surface area contributed by atoms with Gasteiger partial charge in [-0.1, -0.05) is 11.6 Å². The lowest BCUT2D eigenvalue weighted by Gasteiger charge is -2.16. The second-order valence-corrected chi connectivity index (χ2v) is 3.54. The first-order valence-electron chi connectivity index (χ1n) is 4.15. The lowest BCUT2D eigenvalue weighted by Crippen LogP contribution is -2.17. The molecule has 0 aromatic heterocycles. The van der Waals surface area contributed by atoms with Crippen LogP contribution in [0, 0.1) is 0 Å². The minimum atomic E-state index is -4.91. The van der Waals surface area contributed by atoms with Crippen molar-refractivity contribution in [2.75, 3.05) is 0 Å². The summed E-state index contributed by atoms with van der Waals surface area (Å²) in [6, 6.07) is 0.836. The van der Waals surface area contributed by atoms with Gasteiger partial charge < -0.3 is 15.3 Å². The average molecular weight is 271 g/mol. The number of hydrogen-bond donors (Lipinski definition) is 3. The van der Waals surface area contributed by atoms with Gasteiger partial charge in [-0.25, -0.2) is 4.79 Å². The molecule has 1 aromatic rings. The summed E-state index contributed by atoms with van der Waals surface area (Å²) < 4.78 is 37.6. The minimum absolute atomic E-state index is 0.268. The van der Waals surface area contributed by atoms with Crippen molar-refractivity contribution in [3.63, 3.8) is 0 Å². The molecule has 0 amide bonds. The maximum Gasteiger partial charge on any atom is 0.416 e. The first-order chi connectivity index (χ1) is 7.64. The number of halogens is 4. The van der Waals surface area contributed by atoms with E-state index in [1.165, 1.54) is 0 Å². The molecular formula is C9H6ClF3O4. The summed E-state index contributed by atoms with van der Waals surface area (Å²) in [5, 5.41) is 26.1. The second-order valence-electron chi connectivity index (χ2n) is 3.13. The van der Waals surface area contributed by atoms with Crippen molar-refractivity contribution in [1.29, 1.82) is 0 Å². The maximum atomic E-state index is 12.5. The summed E-state index contributed by atoms with van der Waals surface area (Å²) in [6.07, 6.45) is -7.28. The van der Waals surface area contributed by atoms with Crippen molar-refractivity contribution in [2.24, 2.45) is 0 Å². The zero-order valence-electron chi connectivity index (χ0n) is 7.99. The number of aromatic hydroxyl groups is 1. The molecule has 1 atom stereocenters. The third-order valence-electron chi connectivity index (χ3n) is 1.95. The summed E-state index contributed by atoms with van der Waals surface area (Å²) in [7, 11) is 0. The molecule has 1 aromatic carbocycles. The summed E-state index contributed by atoms with van der Waals surface area (Å²) in [4.78, 5) is 10.5. The second kappa shape index (κ2) is 4.42. The Morgan fingerprint density at radius 3 is 2.29 bits per heavy atom. The van der Waals surface area contributed by atoms with Crippen molar-refractivity contribution in [3.05, 3.63) is 28.3 Å². The zero-order chi connectivity index (χ0) is 13.4. The van der Waals surface area contributed by atoms with Crippen LogP contribution in [0.25, 0.3) is 0 Å². The average Bonchev–Trinajstić information content (AvgIpc) is 2.18. The zero-order valence-corrected chi connectivity index (χ0v) is 8.75. The van der Waals surface area contributed by atoms with E-state index in [1.807, 2.05) is 0 Å². The van der Waals surface area contributed by atoms with E-state index in [0.29, 0.717) is 6.07 Å². The lowest BCUT2D eigenvalue weighted by molar-refractivity contribution is -0.149. The Bertz CT molecular complexity index is 458. The highest BCUT2D eigenvalue weighted by Gasteiger charge is 2.37. The Hall–Kier alpha value is -1.47. The van der Waals surface area contributed by atoms with Crippen LogP contribution in [0.4, 0.5) is 13.2 Å².